The number of ether oxygens (including phenoxy) is 1. The summed E-state index contributed by atoms with van der Waals surface area (Å²) in [4.78, 5) is 29.9. The summed E-state index contributed by atoms with van der Waals surface area (Å²) in [6.45, 7) is 0. The number of hydrogen-bond donors (Lipinski definition) is 2. The van der Waals surface area contributed by atoms with Gasteiger partial charge in [-0.3, -0.25) is 14.6 Å². The van der Waals surface area contributed by atoms with E-state index in [1.165, 1.54) is 13.2 Å². The number of hydrogen-bond acceptors (Lipinski definition) is 4. The number of pyridine rings is 1. The largest absolute Gasteiger partial charge is 0.496 e. The highest BCUT2D eigenvalue weighted by atomic mass is 35.5. The van der Waals surface area contributed by atoms with Gasteiger partial charge in [0.15, 0.2) is 0 Å². The van der Waals surface area contributed by atoms with Gasteiger partial charge in [0.2, 0.25) is 0 Å². The Labute approximate surface area is 183 Å². The summed E-state index contributed by atoms with van der Waals surface area (Å²) in [5.41, 5.74) is 1.59. The van der Waals surface area contributed by atoms with E-state index >= 15 is 0 Å². The third kappa shape index (κ3) is 4.49. The van der Waals surface area contributed by atoms with Crippen LogP contribution in [0.3, 0.4) is 0 Å². The van der Waals surface area contributed by atoms with E-state index in [2.05, 4.69) is 15.6 Å². The lowest BCUT2D eigenvalue weighted by Gasteiger charge is -2.13. The van der Waals surface area contributed by atoms with E-state index in [1.807, 2.05) is 24.3 Å². The van der Waals surface area contributed by atoms with Crippen LogP contribution in [-0.2, 0) is 0 Å². The number of benzene rings is 3. The molecule has 31 heavy (non-hydrogen) atoms. The topological polar surface area (TPSA) is 80.3 Å². The molecule has 1 aromatic heterocycles. The minimum absolute atomic E-state index is 0.271. The molecule has 0 spiro atoms. The number of rotatable bonds is 5. The molecule has 4 aromatic rings. The zero-order valence-corrected chi connectivity index (χ0v) is 17.3. The Hall–Kier alpha value is -3.90. The van der Waals surface area contributed by atoms with Crippen molar-refractivity contribution < 1.29 is 14.3 Å². The van der Waals surface area contributed by atoms with E-state index in [9.17, 15) is 9.59 Å². The van der Waals surface area contributed by atoms with Crippen molar-refractivity contribution in [2.24, 2.45) is 0 Å². The molecule has 7 heteroatoms. The number of carbonyl (C=O) groups excluding carboxylic acids is 2. The Morgan fingerprint density at radius 1 is 0.871 bits per heavy atom. The van der Waals surface area contributed by atoms with Gasteiger partial charge in [-0.25, -0.2) is 0 Å². The van der Waals surface area contributed by atoms with Crippen molar-refractivity contribution in [2.75, 3.05) is 17.7 Å². The van der Waals surface area contributed by atoms with Crippen molar-refractivity contribution >= 4 is 45.6 Å². The van der Waals surface area contributed by atoms with Gasteiger partial charge < -0.3 is 15.4 Å². The average molecular weight is 432 g/mol. The standard InChI is InChI=1S/C24H18ClN3O3/c1-31-22-9-7-17(25)13-20(22)24(30)28-21-5-3-2-4-19(21)23(29)27-18-8-6-15-10-11-26-14-16(15)12-18/h2-14H,1H3,(H,27,29)(H,28,30). The molecule has 0 radical (unpaired) electrons. The Kier molecular flexibility index (Phi) is 5.82. The van der Waals surface area contributed by atoms with Gasteiger partial charge in [-0.2, -0.15) is 0 Å². The van der Waals surface area contributed by atoms with Crippen LogP contribution in [0.25, 0.3) is 10.8 Å². The summed E-state index contributed by atoms with van der Waals surface area (Å²) in [5.74, 6) is -0.401. The molecule has 0 fully saturated rings. The van der Waals surface area contributed by atoms with E-state index in [1.54, 1.807) is 48.8 Å². The number of nitrogens with zero attached hydrogens (tertiary/aromatic N) is 1. The Morgan fingerprint density at radius 3 is 2.52 bits per heavy atom. The number of amides is 2. The van der Waals surface area contributed by atoms with Crippen molar-refractivity contribution in [1.29, 1.82) is 0 Å². The molecule has 2 N–H and O–H groups in total. The number of carbonyl (C=O) groups is 2. The van der Waals surface area contributed by atoms with Crippen LogP contribution in [0.15, 0.2) is 79.1 Å². The maximum Gasteiger partial charge on any atom is 0.259 e. The first kappa shape index (κ1) is 20.4. The fourth-order valence-electron chi connectivity index (χ4n) is 3.20. The van der Waals surface area contributed by atoms with Crippen LogP contribution in [0, 0.1) is 0 Å². The summed E-state index contributed by atoms with van der Waals surface area (Å²) >= 11 is 6.03. The van der Waals surface area contributed by atoms with Crippen molar-refractivity contribution in [2.45, 2.75) is 0 Å². The normalized spacial score (nSPS) is 10.5. The second-order valence-corrected chi connectivity index (χ2v) is 7.17. The predicted molar refractivity (Wildman–Crippen MR) is 122 cm³/mol. The van der Waals surface area contributed by atoms with E-state index in [0.29, 0.717) is 27.7 Å². The summed E-state index contributed by atoms with van der Waals surface area (Å²) in [6.07, 6.45) is 3.45. The lowest BCUT2D eigenvalue weighted by atomic mass is 10.1. The summed E-state index contributed by atoms with van der Waals surface area (Å²) < 4.78 is 5.25. The molecular weight excluding hydrogens is 414 g/mol. The van der Waals surface area contributed by atoms with Crippen molar-refractivity contribution in [3.8, 4) is 5.75 Å². The molecule has 0 atom stereocenters. The van der Waals surface area contributed by atoms with Crippen LogP contribution in [0.5, 0.6) is 5.75 Å². The average Bonchev–Trinajstić information content (AvgIpc) is 2.79. The molecule has 0 aliphatic heterocycles. The molecule has 0 saturated heterocycles. The van der Waals surface area contributed by atoms with E-state index < -0.39 is 5.91 Å². The predicted octanol–water partition coefficient (Wildman–Crippen LogP) is 5.40. The van der Waals surface area contributed by atoms with Crippen molar-refractivity contribution in [1.82, 2.24) is 4.98 Å². The molecule has 0 aliphatic rings. The molecule has 0 saturated carbocycles. The molecule has 1 heterocycles. The monoisotopic (exact) mass is 431 g/mol. The molecular formula is C24H18ClN3O3. The highest BCUT2D eigenvalue weighted by Gasteiger charge is 2.17. The number of para-hydroxylation sites is 1. The maximum atomic E-state index is 12.9. The van der Waals surface area contributed by atoms with Gasteiger partial charge in [0, 0.05) is 28.5 Å². The number of nitrogens with one attached hydrogen (secondary N) is 2. The number of fused-ring (bicyclic) bond motifs is 1. The SMILES string of the molecule is COc1ccc(Cl)cc1C(=O)Nc1ccccc1C(=O)Nc1ccc2ccncc2c1. The smallest absolute Gasteiger partial charge is 0.259 e. The fraction of sp³-hybridized carbons (Fsp3) is 0.0417. The molecule has 6 nitrogen and oxygen atoms in total. The number of aromatic nitrogens is 1. The van der Waals surface area contributed by atoms with Gasteiger partial charge in [0.25, 0.3) is 11.8 Å². The van der Waals surface area contributed by atoms with Gasteiger partial charge in [0.05, 0.1) is 23.9 Å². The van der Waals surface area contributed by atoms with Gasteiger partial charge in [-0.1, -0.05) is 29.8 Å². The van der Waals surface area contributed by atoms with Crippen LogP contribution in [0.2, 0.25) is 5.02 Å². The van der Waals surface area contributed by atoms with Gasteiger partial charge in [0.1, 0.15) is 5.75 Å². The molecule has 0 bridgehead atoms. The minimum Gasteiger partial charge on any atom is -0.496 e. The summed E-state index contributed by atoms with van der Waals surface area (Å²) in [6, 6.07) is 19.0. The molecule has 154 valence electrons. The number of methoxy groups -OCH3 is 1. The van der Waals surface area contributed by atoms with E-state index in [0.717, 1.165) is 10.8 Å². The minimum atomic E-state index is -0.434. The first-order valence-corrected chi connectivity index (χ1v) is 9.82. The van der Waals surface area contributed by atoms with Crippen LogP contribution in [0.1, 0.15) is 20.7 Å². The fourth-order valence-corrected chi connectivity index (χ4v) is 3.37. The van der Waals surface area contributed by atoms with Gasteiger partial charge >= 0.3 is 0 Å². The lowest BCUT2D eigenvalue weighted by Crippen LogP contribution is -2.18. The van der Waals surface area contributed by atoms with Gasteiger partial charge in [-0.05, 0) is 53.9 Å². The molecule has 0 unspecified atom stereocenters. The highest BCUT2D eigenvalue weighted by molar-refractivity contribution is 6.31. The molecule has 0 aliphatic carbocycles. The van der Waals surface area contributed by atoms with Gasteiger partial charge in [-0.15, -0.1) is 0 Å². The highest BCUT2D eigenvalue weighted by Crippen LogP contribution is 2.25. The number of anilines is 2. The maximum absolute atomic E-state index is 12.9. The molecule has 4 rings (SSSR count). The lowest BCUT2D eigenvalue weighted by molar-refractivity contribution is 0.102. The second kappa shape index (κ2) is 8.85. The zero-order chi connectivity index (χ0) is 21.8. The van der Waals surface area contributed by atoms with Crippen LogP contribution < -0.4 is 15.4 Å². The number of halogens is 1. The first-order valence-electron chi connectivity index (χ1n) is 9.44. The first-order chi connectivity index (χ1) is 15.0. The van der Waals surface area contributed by atoms with Crippen LogP contribution in [-0.4, -0.2) is 23.9 Å². The van der Waals surface area contributed by atoms with E-state index in [4.69, 9.17) is 16.3 Å². The molecule has 3 aromatic carbocycles. The quantitative estimate of drug-likeness (QED) is 0.443. The summed E-state index contributed by atoms with van der Waals surface area (Å²) in [7, 11) is 1.47. The van der Waals surface area contributed by atoms with E-state index in [-0.39, 0.29) is 11.5 Å². The Bertz CT molecular complexity index is 1290. The van der Waals surface area contributed by atoms with Crippen LogP contribution >= 0.6 is 11.6 Å². The zero-order valence-electron chi connectivity index (χ0n) is 16.6. The van der Waals surface area contributed by atoms with Crippen molar-refractivity contribution in [3.63, 3.8) is 0 Å². The Morgan fingerprint density at radius 2 is 1.68 bits per heavy atom. The molecule has 2 amide bonds. The summed E-state index contributed by atoms with van der Waals surface area (Å²) in [5, 5.41) is 7.99. The second-order valence-electron chi connectivity index (χ2n) is 6.74. The van der Waals surface area contributed by atoms with Crippen LogP contribution in [0.4, 0.5) is 11.4 Å². The van der Waals surface area contributed by atoms with Crippen molar-refractivity contribution in [3.05, 3.63) is 95.3 Å². The third-order valence-corrected chi connectivity index (χ3v) is 4.96. The third-order valence-electron chi connectivity index (χ3n) is 4.72. The Balaban J connectivity index is 1.58.